The van der Waals surface area contributed by atoms with Gasteiger partial charge >= 0.3 is 0 Å². The Morgan fingerprint density at radius 1 is 1.43 bits per heavy atom. The number of nitrogens with zero attached hydrogens (tertiary/aromatic N) is 2. The molecular formula is C16H26N4O. The number of carbonyl (C=O) groups is 1. The lowest BCUT2D eigenvalue weighted by molar-refractivity contribution is 0.0999. The van der Waals surface area contributed by atoms with Gasteiger partial charge in [0.2, 0.25) is 0 Å². The zero-order valence-corrected chi connectivity index (χ0v) is 13.3. The van der Waals surface area contributed by atoms with E-state index in [0.29, 0.717) is 5.56 Å². The fourth-order valence-corrected chi connectivity index (χ4v) is 3.09. The number of hydrogen-bond acceptors (Lipinski definition) is 4. The van der Waals surface area contributed by atoms with Crippen molar-refractivity contribution < 1.29 is 4.79 Å². The van der Waals surface area contributed by atoms with E-state index in [4.69, 9.17) is 5.73 Å². The molecule has 21 heavy (non-hydrogen) atoms. The number of nitrogens with two attached hydrogens (primary N) is 1. The van der Waals surface area contributed by atoms with Crippen LogP contribution in [0.5, 0.6) is 0 Å². The maximum absolute atomic E-state index is 11.7. The monoisotopic (exact) mass is 290 g/mol. The summed E-state index contributed by atoms with van der Waals surface area (Å²) in [7, 11) is 0. The number of aryl methyl sites for hydroxylation is 2. The maximum Gasteiger partial charge on any atom is 0.252 e. The first-order valence-corrected chi connectivity index (χ1v) is 7.76. The van der Waals surface area contributed by atoms with Gasteiger partial charge in [0.25, 0.3) is 5.91 Å². The quantitative estimate of drug-likeness (QED) is 0.864. The molecule has 5 heteroatoms. The first-order valence-electron chi connectivity index (χ1n) is 7.76. The molecule has 5 nitrogen and oxygen atoms in total. The summed E-state index contributed by atoms with van der Waals surface area (Å²) in [6.45, 7) is 10.00. The van der Waals surface area contributed by atoms with Gasteiger partial charge in [-0.1, -0.05) is 6.92 Å². The molecule has 1 aromatic rings. The Balaban J connectivity index is 2.14. The standard InChI is InChI=1S/C16H26N4O/c1-4-18-10-13-5-7-20(8-6-13)14-9-11(2)19-12(3)15(14)16(17)21/h9,13,18H,4-8,10H2,1-3H3,(H2,17,21). The van der Waals surface area contributed by atoms with E-state index in [2.05, 4.69) is 22.1 Å². The number of amides is 1. The lowest BCUT2D eigenvalue weighted by Gasteiger charge is -2.35. The van der Waals surface area contributed by atoms with E-state index in [-0.39, 0.29) is 5.91 Å². The van der Waals surface area contributed by atoms with Crippen LogP contribution < -0.4 is 16.0 Å². The number of piperidine rings is 1. The van der Waals surface area contributed by atoms with Crippen LogP contribution in [0.3, 0.4) is 0 Å². The molecule has 2 heterocycles. The summed E-state index contributed by atoms with van der Waals surface area (Å²) in [4.78, 5) is 18.4. The highest BCUT2D eigenvalue weighted by molar-refractivity contribution is 5.99. The van der Waals surface area contributed by atoms with E-state index in [9.17, 15) is 4.79 Å². The Bertz CT molecular complexity index is 507. The molecule has 1 aromatic heterocycles. The van der Waals surface area contributed by atoms with Gasteiger partial charge in [-0.25, -0.2) is 0 Å². The molecule has 116 valence electrons. The van der Waals surface area contributed by atoms with Crippen LogP contribution >= 0.6 is 0 Å². The first kappa shape index (κ1) is 15.8. The molecular weight excluding hydrogens is 264 g/mol. The Hall–Kier alpha value is -1.62. The Morgan fingerprint density at radius 2 is 2.10 bits per heavy atom. The second kappa shape index (κ2) is 6.89. The van der Waals surface area contributed by atoms with Crippen molar-refractivity contribution in [2.45, 2.75) is 33.6 Å². The highest BCUT2D eigenvalue weighted by Crippen LogP contribution is 2.28. The van der Waals surface area contributed by atoms with Gasteiger partial charge in [0.1, 0.15) is 0 Å². The van der Waals surface area contributed by atoms with Crippen molar-refractivity contribution in [2.24, 2.45) is 11.7 Å². The fraction of sp³-hybridized carbons (Fsp3) is 0.625. The molecule has 1 fully saturated rings. The fourth-order valence-electron chi connectivity index (χ4n) is 3.09. The number of nitrogens with one attached hydrogen (secondary N) is 1. The van der Waals surface area contributed by atoms with Crippen LogP contribution in [0.15, 0.2) is 6.07 Å². The molecule has 0 saturated carbocycles. The van der Waals surface area contributed by atoms with Gasteiger partial charge in [0.15, 0.2) is 0 Å². The summed E-state index contributed by atoms with van der Waals surface area (Å²) < 4.78 is 0. The Kier molecular flexibility index (Phi) is 5.17. The predicted molar refractivity (Wildman–Crippen MR) is 85.7 cm³/mol. The summed E-state index contributed by atoms with van der Waals surface area (Å²) in [5.41, 5.74) is 8.74. The van der Waals surface area contributed by atoms with Crippen LogP contribution in [0, 0.1) is 19.8 Å². The molecule has 0 radical (unpaired) electrons. The molecule has 2 rings (SSSR count). The predicted octanol–water partition coefficient (Wildman–Crippen LogP) is 1.62. The second-order valence-electron chi connectivity index (χ2n) is 5.85. The molecule has 0 aromatic carbocycles. The SMILES string of the molecule is CCNCC1CCN(c2cc(C)nc(C)c2C(N)=O)CC1. The number of carbonyl (C=O) groups excluding carboxylic acids is 1. The number of rotatable bonds is 5. The molecule has 1 saturated heterocycles. The van der Waals surface area contributed by atoms with E-state index >= 15 is 0 Å². The lowest BCUT2D eigenvalue weighted by atomic mass is 9.95. The minimum atomic E-state index is -0.384. The van der Waals surface area contributed by atoms with Gasteiger partial charge in [0.05, 0.1) is 16.9 Å². The molecule has 0 bridgehead atoms. The van der Waals surface area contributed by atoms with Crippen molar-refractivity contribution in [3.63, 3.8) is 0 Å². The first-order chi connectivity index (χ1) is 10.0. The summed E-state index contributed by atoms with van der Waals surface area (Å²) in [6.07, 6.45) is 2.29. The van der Waals surface area contributed by atoms with Crippen LogP contribution in [-0.2, 0) is 0 Å². The topological polar surface area (TPSA) is 71.2 Å². The normalized spacial score (nSPS) is 16.2. The van der Waals surface area contributed by atoms with Gasteiger partial charge < -0.3 is 16.0 Å². The van der Waals surface area contributed by atoms with Crippen molar-refractivity contribution in [1.29, 1.82) is 0 Å². The Labute approximate surface area is 126 Å². The molecule has 0 aliphatic carbocycles. The number of anilines is 1. The van der Waals surface area contributed by atoms with Gasteiger partial charge in [-0.2, -0.15) is 0 Å². The minimum absolute atomic E-state index is 0.384. The third-order valence-corrected chi connectivity index (χ3v) is 4.19. The highest BCUT2D eigenvalue weighted by atomic mass is 16.1. The van der Waals surface area contributed by atoms with Crippen LogP contribution in [0.1, 0.15) is 41.5 Å². The summed E-state index contributed by atoms with van der Waals surface area (Å²) in [5.74, 6) is 0.340. The van der Waals surface area contributed by atoms with E-state index in [1.54, 1.807) is 0 Å². The lowest BCUT2D eigenvalue weighted by Crippen LogP contribution is -2.38. The highest BCUT2D eigenvalue weighted by Gasteiger charge is 2.23. The van der Waals surface area contributed by atoms with Gasteiger partial charge in [-0.3, -0.25) is 9.78 Å². The van der Waals surface area contributed by atoms with Crippen molar-refractivity contribution in [2.75, 3.05) is 31.1 Å². The van der Waals surface area contributed by atoms with Gasteiger partial charge in [0, 0.05) is 18.8 Å². The molecule has 0 unspecified atom stereocenters. The number of pyridine rings is 1. The van der Waals surface area contributed by atoms with E-state index in [1.165, 1.54) is 0 Å². The third-order valence-electron chi connectivity index (χ3n) is 4.19. The zero-order valence-electron chi connectivity index (χ0n) is 13.3. The maximum atomic E-state index is 11.7. The number of aromatic nitrogens is 1. The third kappa shape index (κ3) is 3.73. The van der Waals surface area contributed by atoms with E-state index in [0.717, 1.165) is 62.0 Å². The summed E-state index contributed by atoms with van der Waals surface area (Å²) >= 11 is 0. The number of primary amides is 1. The average Bonchev–Trinajstić information content (AvgIpc) is 2.44. The van der Waals surface area contributed by atoms with Crippen LogP contribution in [-0.4, -0.2) is 37.1 Å². The molecule has 3 N–H and O–H groups in total. The van der Waals surface area contributed by atoms with E-state index < -0.39 is 0 Å². The number of hydrogen-bond donors (Lipinski definition) is 2. The molecule has 1 amide bonds. The smallest absolute Gasteiger partial charge is 0.252 e. The largest absolute Gasteiger partial charge is 0.371 e. The zero-order chi connectivity index (χ0) is 15.4. The average molecular weight is 290 g/mol. The van der Waals surface area contributed by atoms with Crippen molar-refractivity contribution in [3.05, 3.63) is 23.0 Å². The van der Waals surface area contributed by atoms with Crippen molar-refractivity contribution >= 4 is 11.6 Å². The molecule has 1 aliphatic heterocycles. The van der Waals surface area contributed by atoms with Crippen LogP contribution in [0.25, 0.3) is 0 Å². The minimum Gasteiger partial charge on any atom is -0.371 e. The van der Waals surface area contributed by atoms with Crippen molar-refractivity contribution in [3.8, 4) is 0 Å². The molecule has 1 aliphatic rings. The summed E-state index contributed by atoms with van der Waals surface area (Å²) in [6, 6.07) is 1.98. The van der Waals surface area contributed by atoms with E-state index in [1.807, 2.05) is 19.9 Å². The second-order valence-corrected chi connectivity index (χ2v) is 5.85. The van der Waals surface area contributed by atoms with Gasteiger partial charge in [-0.15, -0.1) is 0 Å². The van der Waals surface area contributed by atoms with Crippen LogP contribution in [0.2, 0.25) is 0 Å². The summed E-state index contributed by atoms with van der Waals surface area (Å²) in [5, 5.41) is 3.42. The molecule has 0 atom stereocenters. The molecule has 0 spiro atoms. The van der Waals surface area contributed by atoms with Crippen LogP contribution in [0.4, 0.5) is 5.69 Å². The Morgan fingerprint density at radius 3 is 2.67 bits per heavy atom. The van der Waals surface area contributed by atoms with Crippen molar-refractivity contribution in [1.82, 2.24) is 10.3 Å². The van der Waals surface area contributed by atoms with Gasteiger partial charge in [-0.05, 0) is 51.8 Å².